The molecule has 8 nitrogen and oxygen atoms in total. The number of halogens is 2. The van der Waals surface area contributed by atoms with Crippen molar-refractivity contribution in [1.82, 2.24) is 15.5 Å². The zero-order valence-corrected chi connectivity index (χ0v) is 16.9. The third kappa shape index (κ3) is 3.35. The number of likely N-dealkylation sites (tertiary alicyclic amines) is 1. The van der Waals surface area contributed by atoms with Gasteiger partial charge in [0.25, 0.3) is 0 Å². The van der Waals surface area contributed by atoms with E-state index in [0.29, 0.717) is 28.8 Å². The Balaban J connectivity index is 1.57. The number of hydrogen-bond donors (Lipinski definition) is 6. The second kappa shape index (κ2) is 7.63. The molecule has 0 radical (unpaired) electrons. The molecule has 0 spiro atoms. The first kappa shape index (κ1) is 20.7. The minimum absolute atomic E-state index is 0.0763. The number of rotatable bonds is 3. The fourth-order valence-electron chi connectivity index (χ4n) is 4.55. The number of nitrogens with one attached hydrogen (secondary N) is 2. The number of aliphatic hydroxyl groups excluding tert-OH is 2. The third-order valence-corrected chi connectivity index (χ3v) is 6.96. The van der Waals surface area contributed by atoms with Crippen molar-refractivity contribution < 1.29 is 20.1 Å². The van der Waals surface area contributed by atoms with E-state index in [1.54, 1.807) is 12.1 Å². The zero-order valence-electron chi connectivity index (χ0n) is 15.4. The molecule has 156 valence electrons. The number of fused-ring (bicyclic) bond motifs is 1. The van der Waals surface area contributed by atoms with Crippen molar-refractivity contribution in [2.45, 2.75) is 55.8 Å². The number of ether oxygens (including phenoxy) is 1. The number of hydrogen-bond acceptors (Lipinski definition) is 8. The van der Waals surface area contributed by atoms with E-state index in [1.165, 1.54) is 13.0 Å². The lowest BCUT2D eigenvalue weighted by Crippen LogP contribution is -2.64. The van der Waals surface area contributed by atoms with Crippen molar-refractivity contribution in [2.75, 3.05) is 13.2 Å². The summed E-state index contributed by atoms with van der Waals surface area (Å²) in [5.41, 5.74) is 4.94. The smallest absolute Gasteiger partial charge is 0.141 e. The molecule has 1 aromatic carbocycles. The summed E-state index contributed by atoms with van der Waals surface area (Å²) in [5.74, 6) is 0.161. The van der Waals surface area contributed by atoms with Gasteiger partial charge in [0, 0.05) is 19.1 Å². The molecule has 7 N–H and O–H groups in total. The van der Waals surface area contributed by atoms with Crippen LogP contribution in [0.2, 0.25) is 10.0 Å². The molecule has 10 heteroatoms. The van der Waals surface area contributed by atoms with Crippen LogP contribution in [0.5, 0.6) is 0 Å². The van der Waals surface area contributed by atoms with Crippen LogP contribution in [0.1, 0.15) is 25.0 Å². The predicted octanol–water partition coefficient (Wildman–Crippen LogP) is -0.0533. The number of nitrogens with zero attached hydrogens (tertiary/aromatic N) is 1. The molecule has 0 bridgehead atoms. The SMILES string of the molecule is C[C@@]1(O)[C@@H]([C@@H](O)c2ccc(Cl)c(Cl)c2)O[C@@H](N2CCC3C(N)NCNC32)[C@@H]1O. The molecule has 0 aromatic heterocycles. The Morgan fingerprint density at radius 1 is 1.32 bits per heavy atom. The molecule has 3 heterocycles. The molecule has 3 saturated heterocycles. The van der Waals surface area contributed by atoms with Crippen molar-refractivity contribution in [3.63, 3.8) is 0 Å². The van der Waals surface area contributed by atoms with Gasteiger partial charge in [-0.1, -0.05) is 29.3 Å². The van der Waals surface area contributed by atoms with E-state index in [1.807, 2.05) is 4.90 Å². The van der Waals surface area contributed by atoms with Crippen molar-refractivity contribution in [2.24, 2.45) is 11.7 Å². The number of benzene rings is 1. The van der Waals surface area contributed by atoms with Gasteiger partial charge in [0.15, 0.2) is 0 Å². The minimum atomic E-state index is -1.66. The van der Waals surface area contributed by atoms with Crippen molar-refractivity contribution >= 4 is 23.2 Å². The average molecular weight is 433 g/mol. The normalized spacial score (nSPS) is 42.5. The summed E-state index contributed by atoms with van der Waals surface area (Å²) >= 11 is 12.0. The topological polar surface area (TPSA) is 123 Å². The van der Waals surface area contributed by atoms with Crippen molar-refractivity contribution in [1.29, 1.82) is 0 Å². The van der Waals surface area contributed by atoms with Crippen LogP contribution < -0.4 is 16.4 Å². The lowest BCUT2D eigenvalue weighted by molar-refractivity contribution is -0.133. The molecule has 0 amide bonds. The van der Waals surface area contributed by atoms with Gasteiger partial charge in [0.1, 0.15) is 30.1 Å². The monoisotopic (exact) mass is 432 g/mol. The second-order valence-electron chi connectivity index (χ2n) is 7.98. The van der Waals surface area contributed by atoms with E-state index in [0.717, 1.165) is 6.42 Å². The van der Waals surface area contributed by atoms with E-state index >= 15 is 0 Å². The molecule has 0 saturated carbocycles. The Kier molecular flexibility index (Phi) is 5.65. The maximum Gasteiger partial charge on any atom is 0.141 e. The quantitative estimate of drug-likeness (QED) is 0.392. The van der Waals surface area contributed by atoms with Crippen LogP contribution in [0.3, 0.4) is 0 Å². The van der Waals surface area contributed by atoms with Gasteiger partial charge in [0.2, 0.25) is 0 Å². The first-order chi connectivity index (χ1) is 13.2. The van der Waals surface area contributed by atoms with Gasteiger partial charge in [-0.15, -0.1) is 0 Å². The van der Waals surface area contributed by atoms with Gasteiger partial charge in [0.05, 0.1) is 22.4 Å². The van der Waals surface area contributed by atoms with E-state index in [2.05, 4.69) is 10.6 Å². The van der Waals surface area contributed by atoms with Crippen LogP contribution >= 0.6 is 23.2 Å². The zero-order chi connectivity index (χ0) is 20.2. The van der Waals surface area contributed by atoms with Crippen LogP contribution in [-0.2, 0) is 4.74 Å². The lowest BCUT2D eigenvalue weighted by atomic mass is 9.88. The maximum atomic E-state index is 11.0. The van der Waals surface area contributed by atoms with Gasteiger partial charge in [-0.05, 0) is 31.0 Å². The molecule has 3 fully saturated rings. The van der Waals surface area contributed by atoms with Gasteiger partial charge in [-0.3, -0.25) is 15.5 Å². The Bertz CT molecular complexity index is 740. The number of aliphatic hydroxyl groups is 3. The highest BCUT2D eigenvalue weighted by atomic mass is 35.5. The van der Waals surface area contributed by atoms with Crippen molar-refractivity contribution in [3.05, 3.63) is 33.8 Å². The maximum absolute atomic E-state index is 11.0. The van der Waals surface area contributed by atoms with E-state index in [-0.39, 0.29) is 18.2 Å². The number of nitrogens with two attached hydrogens (primary N) is 1. The fraction of sp³-hybridized carbons (Fsp3) is 0.667. The molecule has 8 atom stereocenters. The molecule has 3 aliphatic heterocycles. The summed E-state index contributed by atoms with van der Waals surface area (Å²) in [7, 11) is 0. The Morgan fingerprint density at radius 2 is 2.07 bits per heavy atom. The highest BCUT2D eigenvalue weighted by Crippen LogP contribution is 2.42. The average Bonchev–Trinajstić information content (AvgIpc) is 3.17. The summed E-state index contributed by atoms with van der Waals surface area (Å²) in [6.07, 6.45) is -3.60. The molecular formula is C18H26Cl2N4O4. The van der Waals surface area contributed by atoms with Crippen LogP contribution in [0.4, 0.5) is 0 Å². The fourth-order valence-corrected chi connectivity index (χ4v) is 4.85. The highest BCUT2D eigenvalue weighted by molar-refractivity contribution is 6.42. The molecule has 3 aliphatic rings. The van der Waals surface area contributed by atoms with Crippen LogP contribution in [0.15, 0.2) is 18.2 Å². The van der Waals surface area contributed by atoms with Gasteiger partial charge < -0.3 is 25.8 Å². The van der Waals surface area contributed by atoms with Crippen LogP contribution in [-0.4, -0.2) is 69.8 Å². The summed E-state index contributed by atoms with van der Waals surface area (Å²) in [6.45, 7) is 2.68. The minimum Gasteiger partial charge on any atom is -0.386 e. The molecular weight excluding hydrogens is 407 g/mol. The first-order valence-electron chi connectivity index (χ1n) is 9.39. The second-order valence-corrected chi connectivity index (χ2v) is 8.80. The van der Waals surface area contributed by atoms with Crippen molar-refractivity contribution in [3.8, 4) is 0 Å². The van der Waals surface area contributed by atoms with E-state index in [4.69, 9.17) is 33.7 Å². The summed E-state index contributed by atoms with van der Waals surface area (Å²) in [5, 5.41) is 39.9. The Labute approximate surface area is 173 Å². The molecule has 28 heavy (non-hydrogen) atoms. The summed E-state index contributed by atoms with van der Waals surface area (Å²) in [6, 6.07) is 4.73. The van der Waals surface area contributed by atoms with Gasteiger partial charge in [-0.25, -0.2) is 0 Å². The largest absolute Gasteiger partial charge is 0.386 e. The Morgan fingerprint density at radius 3 is 2.79 bits per heavy atom. The van der Waals surface area contributed by atoms with Gasteiger partial charge >= 0.3 is 0 Å². The standard InChI is InChI=1S/C18H26Cl2N4O4/c1-18(27)13(26)17(24-5-4-9-15(21)22-7-23-16(9)24)28-14(18)12(25)8-2-3-10(19)11(20)6-8/h2-3,6,9,12-17,22-23,25-27H,4-5,7,21H2,1H3/t9?,12-,13-,14+,15?,16?,17+,18-/m0/s1. The van der Waals surface area contributed by atoms with Crippen LogP contribution in [0.25, 0.3) is 0 Å². The molecule has 1 aromatic rings. The Hall–Kier alpha value is -0.520. The first-order valence-corrected chi connectivity index (χ1v) is 10.1. The van der Waals surface area contributed by atoms with Gasteiger partial charge in [-0.2, -0.15) is 0 Å². The third-order valence-electron chi connectivity index (χ3n) is 6.22. The van der Waals surface area contributed by atoms with E-state index in [9.17, 15) is 15.3 Å². The molecule has 3 unspecified atom stereocenters. The van der Waals surface area contributed by atoms with Crippen LogP contribution in [0, 0.1) is 5.92 Å². The summed E-state index contributed by atoms with van der Waals surface area (Å²) in [4.78, 5) is 1.98. The molecule has 4 rings (SSSR count). The highest BCUT2D eigenvalue weighted by Gasteiger charge is 2.59. The lowest BCUT2D eigenvalue weighted by Gasteiger charge is -2.39. The van der Waals surface area contributed by atoms with E-state index < -0.39 is 30.1 Å². The molecule has 0 aliphatic carbocycles. The predicted molar refractivity (Wildman–Crippen MR) is 104 cm³/mol. The summed E-state index contributed by atoms with van der Waals surface area (Å²) < 4.78 is 6.04.